The first kappa shape index (κ1) is 16.3. The van der Waals surface area contributed by atoms with Gasteiger partial charge in [-0.3, -0.25) is 0 Å². The molecule has 4 heteroatoms. The molecule has 0 saturated carbocycles. The lowest BCUT2D eigenvalue weighted by Gasteiger charge is -2.36. The van der Waals surface area contributed by atoms with E-state index in [0.717, 1.165) is 39.2 Å². The second-order valence-electron chi connectivity index (χ2n) is 6.06. The van der Waals surface area contributed by atoms with E-state index in [2.05, 4.69) is 42.3 Å². The predicted octanol–water partition coefficient (Wildman–Crippen LogP) is 1.94. The Morgan fingerprint density at radius 1 is 1.43 bits per heavy atom. The molecule has 2 N–H and O–H groups in total. The maximum atomic E-state index is 9.84. The number of hydrogen-bond acceptors (Lipinski definition) is 4. The number of rotatable bonds is 6. The number of nitrogens with zero attached hydrogens (tertiary/aromatic N) is 1. The number of nitrogens with one attached hydrogen (secondary N) is 1. The van der Waals surface area contributed by atoms with Crippen molar-refractivity contribution in [3.05, 3.63) is 29.3 Å². The van der Waals surface area contributed by atoms with Crippen LogP contribution in [0.2, 0.25) is 0 Å². The monoisotopic (exact) mass is 292 g/mol. The molecule has 1 aliphatic heterocycles. The summed E-state index contributed by atoms with van der Waals surface area (Å²) in [6.45, 7) is 8.66. The van der Waals surface area contributed by atoms with E-state index in [1.54, 1.807) is 7.11 Å². The van der Waals surface area contributed by atoms with Crippen molar-refractivity contribution in [3.63, 3.8) is 0 Å². The third-order valence-electron chi connectivity index (χ3n) is 4.35. The zero-order valence-electron chi connectivity index (χ0n) is 13.4. The third-order valence-corrected chi connectivity index (χ3v) is 4.35. The highest BCUT2D eigenvalue weighted by Crippen LogP contribution is 2.25. The fourth-order valence-corrected chi connectivity index (χ4v) is 2.84. The Labute approximate surface area is 128 Å². The van der Waals surface area contributed by atoms with Gasteiger partial charge in [0.1, 0.15) is 0 Å². The molecule has 1 aromatic carbocycles. The van der Waals surface area contributed by atoms with Gasteiger partial charge in [0.15, 0.2) is 0 Å². The number of hydrogen-bond donors (Lipinski definition) is 2. The van der Waals surface area contributed by atoms with Gasteiger partial charge in [0.05, 0.1) is 12.7 Å². The molecule has 2 rings (SSSR count). The van der Waals surface area contributed by atoms with Crippen molar-refractivity contribution in [2.24, 2.45) is 5.92 Å². The summed E-state index contributed by atoms with van der Waals surface area (Å²) in [5.74, 6) is 0.342. The van der Waals surface area contributed by atoms with Gasteiger partial charge in [-0.15, -0.1) is 0 Å². The van der Waals surface area contributed by atoms with E-state index >= 15 is 0 Å². The van der Waals surface area contributed by atoms with Crippen LogP contribution < -0.4 is 10.2 Å². The van der Waals surface area contributed by atoms with Crippen LogP contribution in [-0.2, 0) is 11.3 Å². The smallest absolute Gasteiger partial charge is 0.0599 e. The van der Waals surface area contributed by atoms with Crippen LogP contribution in [0.3, 0.4) is 0 Å². The molecule has 0 radical (unpaired) electrons. The van der Waals surface area contributed by atoms with Gasteiger partial charge in [0.2, 0.25) is 0 Å². The van der Waals surface area contributed by atoms with Gasteiger partial charge in [-0.05, 0) is 42.5 Å². The number of benzene rings is 1. The maximum absolute atomic E-state index is 9.84. The summed E-state index contributed by atoms with van der Waals surface area (Å²) in [4.78, 5) is 2.38. The summed E-state index contributed by atoms with van der Waals surface area (Å²) in [6, 6.07) is 6.67. The maximum Gasteiger partial charge on any atom is 0.0599 e. The van der Waals surface area contributed by atoms with E-state index in [1.807, 2.05) is 0 Å². The van der Waals surface area contributed by atoms with Crippen molar-refractivity contribution < 1.29 is 9.84 Å². The Balaban J connectivity index is 1.95. The van der Waals surface area contributed by atoms with E-state index in [4.69, 9.17) is 4.74 Å². The van der Waals surface area contributed by atoms with E-state index < -0.39 is 0 Å². The minimum atomic E-state index is -0.147. The van der Waals surface area contributed by atoms with Gasteiger partial charge in [0.25, 0.3) is 0 Å². The van der Waals surface area contributed by atoms with Crippen LogP contribution >= 0.6 is 0 Å². The fraction of sp³-hybridized carbons (Fsp3) is 0.647. The normalized spacial score (nSPS) is 22.6. The van der Waals surface area contributed by atoms with Crippen LogP contribution in [0.1, 0.15) is 24.5 Å². The second kappa shape index (κ2) is 7.78. The van der Waals surface area contributed by atoms with Gasteiger partial charge in [0, 0.05) is 39.0 Å². The topological polar surface area (TPSA) is 44.7 Å². The van der Waals surface area contributed by atoms with Gasteiger partial charge >= 0.3 is 0 Å². The van der Waals surface area contributed by atoms with Crippen LogP contribution in [0.15, 0.2) is 18.2 Å². The van der Waals surface area contributed by atoms with Crippen LogP contribution in [-0.4, -0.2) is 44.6 Å². The fourth-order valence-electron chi connectivity index (χ4n) is 2.84. The molecule has 118 valence electrons. The van der Waals surface area contributed by atoms with Crippen molar-refractivity contribution in [2.75, 3.05) is 38.3 Å². The minimum Gasteiger partial charge on any atom is -0.393 e. The Kier molecular flexibility index (Phi) is 6.03. The Morgan fingerprint density at radius 2 is 2.24 bits per heavy atom. The first-order valence-electron chi connectivity index (χ1n) is 7.84. The number of aliphatic hydroxyl groups excluding tert-OH is 1. The number of methoxy groups -OCH3 is 1. The second-order valence-corrected chi connectivity index (χ2v) is 6.06. The molecule has 21 heavy (non-hydrogen) atoms. The molecule has 1 saturated heterocycles. The average molecular weight is 292 g/mol. The molecule has 1 aliphatic rings. The van der Waals surface area contributed by atoms with Gasteiger partial charge in [-0.2, -0.15) is 0 Å². The van der Waals surface area contributed by atoms with Crippen molar-refractivity contribution in [1.29, 1.82) is 0 Å². The van der Waals surface area contributed by atoms with Crippen LogP contribution in [0.4, 0.5) is 5.69 Å². The molecule has 2 atom stereocenters. The molecule has 0 aromatic heterocycles. The number of aryl methyl sites for hydroxylation is 1. The average Bonchev–Trinajstić information content (AvgIpc) is 2.48. The summed E-state index contributed by atoms with van der Waals surface area (Å²) >= 11 is 0. The molecular formula is C17H28N2O2. The highest BCUT2D eigenvalue weighted by Gasteiger charge is 2.24. The zero-order chi connectivity index (χ0) is 15.2. The lowest BCUT2D eigenvalue weighted by molar-refractivity contribution is 0.0971. The Morgan fingerprint density at radius 3 is 2.90 bits per heavy atom. The summed E-state index contributed by atoms with van der Waals surface area (Å²) in [6.07, 6.45) is 0.715. The number of aliphatic hydroxyl groups is 1. The zero-order valence-corrected chi connectivity index (χ0v) is 13.4. The molecule has 0 amide bonds. The molecule has 1 aromatic rings. The quantitative estimate of drug-likeness (QED) is 0.787. The molecule has 0 aliphatic carbocycles. The Bertz CT molecular complexity index is 450. The van der Waals surface area contributed by atoms with Crippen molar-refractivity contribution >= 4 is 5.69 Å². The molecule has 0 bridgehead atoms. The van der Waals surface area contributed by atoms with Crippen molar-refractivity contribution in [3.8, 4) is 0 Å². The highest BCUT2D eigenvalue weighted by molar-refractivity contribution is 5.51. The molecule has 2 unspecified atom stereocenters. The third kappa shape index (κ3) is 4.43. The van der Waals surface area contributed by atoms with E-state index in [9.17, 15) is 5.11 Å². The van der Waals surface area contributed by atoms with E-state index in [1.165, 1.54) is 16.8 Å². The van der Waals surface area contributed by atoms with Gasteiger partial charge in [-0.25, -0.2) is 0 Å². The number of ether oxygens (including phenoxy) is 1. The van der Waals surface area contributed by atoms with Gasteiger partial charge < -0.3 is 20.1 Å². The summed E-state index contributed by atoms with van der Waals surface area (Å²) < 4.78 is 5.04. The molecule has 1 fully saturated rings. The molecule has 4 nitrogen and oxygen atoms in total. The lowest BCUT2D eigenvalue weighted by atomic mass is 9.96. The highest BCUT2D eigenvalue weighted by atomic mass is 16.5. The summed E-state index contributed by atoms with van der Waals surface area (Å²) in [7, 11) is 1.72. The molecule has 0 spiro atoms. The standard InChI is InChI=1S/C17H28N2O2/c1-13-10-16(19-8-6-17(20)14(2)12-19)5-4-15(13)11-18-7-9-21-3/h4-5,10,14,17-18,20H,6-9,11-12H2,1-3H3. The first-order chi connectivity index (χ1) is 10.1. The number of anilines is 1. The summed E-state index contributed by atoms with van der Waals surface area (Å²) in [5.41, 5.74) is 3.92. The SMILES string of the molecule is COCCNCc1ccc(N2CCC(O)C(C)C2)cc1C. The van der Waals surface area contributed by atoms with Gasteiger partial charge in [-0.1, -0.05) is 13.0 Å². The minimum absolute atomic E-state index is 0.147. The van der Waals surface area contributed by atoms with E-state index in [0.29, 0.717) is 5.92 Å². The van der Waals surface area contributed by atoms with E-state index in [-0.39, 0.29) is 6.10 Å². The summed E-state index contributed by atoms with van der Waals surface area (Å²) in [5, 5.41) is 13.2. The van der Waals surface area contributed by atoms with Crippen LogP contribution in [0, 0.1) is 12.8 Å². The predicted molar refractivity (Wildman–Crippen MR) is 86.8 cm³/mol. The molecule has 1 heterocycles. The van der Waals surface area contributed by atoms with Crippen molar-refractivity contribution in [1.82, 2.24) is 5.32 Å². The largest absolute Gasteiger partial charge is 0.393 e. The lowest BCUT2D eigenvalue weighted by Crippen LogP contribution is -2.42. The first-order valence-corrected chi connectivity index (χ1v) is 7.84. The van der Waals surface area contributed by atoms with Crippen LogP contribution in [0.25, 0.3) is 0 Å². The van der Waals surface area contributed by atoms with Crippen molar-refractivity contribution in [2.45, 2.75) is 32.9 Å². The number of piperidine rings is 1. The Hall–Kier alpha value is -1.10. The molecular weight excluding hydrogens is 264 g/mol. The van der Waals surface area contributed by atoms with Crippen LogP contribution in [0.5, 0.6) is 0 Å².